The first kappa shape index (κ1) is 71.5. The van der Waals surface area contributed by atoms with Crippen molar-refractivity contribution in [3.63, 3.8) is 0 Å². The van der Waals surface area contributed by atoms with E-state index in [1.54, 1.807) is 51.4 Å². The highest BCUT2D eigenvalue weighted by Crippen LogP contribution is 2.57. The van der Waals surface area contributed by atoms with Crippen LogP contribution in [0.5, 0.6) is 0 Å². The van der Waals surface area contributed by atoms with Gasteiger partial charge in [0.2, 0.25) is 0 Å². The van der Waals surface area contributed by atoms with Crippen LogP contribution < -0.4 is 0 Å². The number of rotatable bonds is 14. The number of hydrogen-bond acceptors (Lipinski definition) is 0. The summed E-state index contributed by atoms with van der Waals surface area (Å²) in [5.74, 6) is 23.7. The Bertz CT molecular complexity index is 1510. The molecule has 4 aliphatic rings. The first-order chi connectivity index (χ1) is 37.3. The molecule has 0 aromatic rings. The second kappa shape index (κ2) is 36.9. The van der Waals surface area contributed by atoms with Gasteiger partial charge in [-0.1, -0.05) is 197 Å². The van der Waals surface area contributed by atoms with Crippen LogP contribution >= 0.6 is 0 Å². The zero-order chi connectivity index (χ0) is 58.5. The first-order valence-electron chi connectivity index (χ1n) is 37.3. The van der Waals surface area contributed by atoms with E-state index in [2.05, 4.69) is 145 Å². The minimum Gasteiger partial charge on any atom is -0.0651 e. The molecule has 21 atom stereocenters. The summed E-state index contributed by atoms with van der Waals surface area (Å²) in [5.41, 5.74) is 0. The fourth-order valence-corrected chi connectivity index (χ4v) is 20.9. The zero-order valence-electron chi connectivity index (χ0n) is 58.5. The lowest BCUT2D eigenvalue weighted by Crippen LogP contribution is -2.43. The molecule has 0 radical (unpaired) electrons. The molecule has 0 aliphatic heterocycles. The average molecular weight is 1100 g/mol. The summed E-state index contributed by atoms with van der Waals surface area (Å²) >= 11 is 0. The van der Waals surface area contributed by atoms with Gasteiger partial charge in [0.05, 0.1) is 0 Å². The monoisotopic (exact) mass is 1100 g/mol. The highest BCUT2D eigenvalue weighted by Gasteiger charge is 2.47. The van der Waals surface area contributed by atoms with Gasteiger partial charge in [0, 0.05) is 0 Å². The van der Waals surface area contributed by atoms with Crippen LogP contribution in [0.4, 0.5) is 0 Å². The molecule has 21 unspecified atom stereocenters. The number of hydrogen-bond donors (Lipinski definition) is 0. The molecule has 4 aliphatic carbocycles. The Morgan fingerprint density at radius 1 is 0.228 bits per heavy atom. The molecule has 468 valence electrons. The molecule has 4 fully saturated rings. The molecule has 0 saturated heterocycles. The fourth-order valence-electron chi connectivity index (χ4n) is 20.9. The van der Waals surface area contributed by atoms with Crippen LogP contribution in [-0.2, 0) is 0 Å². The normalized spacial score (nSPS) is 39.8. The Labute approximate surface area is 501 Å². The van der Waals surface area contributed by atoms with Gasteiger partial charge in [0.1, 0.15) is 0 Å². The van der Waals surface area contributed by atoms with Gasteiger partial charge in [-0.2, -0.15) is 0 Å². The van der Waals surface area contributed by atoms with E-state index in [9.17, 15) is 0 Å². The average Bonchev–Trinajstić information content (AvgIpc) is 3.73. The Morgan fingerprint density at radius 3 is 0.722 bits per heavy atom. The Kier molecular flexibility index (Phi) is 33.4. The van der Waals surface area contributed by atoms with E-state index in [1.165, 1.54) is 148 Å². The maximum atomic E-state index is 2.72. The molecule has 79 heavy (non-hydrogen) atoms. The second-order valence-corrected chi connectivity index (χ2v) is 35.2. The molecular weight excluding hydrogens is 949 g/mol. The van der Waals surface area contributed by atoms with Crippen molar-refractivity contribution in [1.29, 1.82) is 0 Å². The van der Waals surface area contributed by atoms with Gasteiger partial charge in [-0.05, 0) is 307 Å². The van der Waals surface area contributed by atoms with Gasteiger partial charge in [0.25, 0.3) is 0 Å². The lowest BCUT2D eigenvalue weighted by molar-refractivity contribution is -0.0193. The van der Waals surface area contributed by atoms with Crippen molar-refractivity contribution >= 4 is 0 Å². The van der Waals surface area contributed by atoms with Crippen LogP contribution in [0.2, 0.25) is 0 Å². The molecule has 0 N–H and O–H groups in total. The third kappa shape index (κ3) is 27.1. The molecule has 4 rings (SSSR count). The molecule has 0 nitrogen and oxygen atoms in total. The summed E-state index contributed by atoms with van der Waals surface area (Å²) in [6.07, 6.45) is 46.0. The van der Waals surface area contributed by atoms with Gasteiger partial charge >= 0.3 is 0 Å². The van der Waals surface area contributed by atoms with E-state index in [0.29, 0.717) is 0 Å². The Balaban J connectivity index is 1.84. The predicted molar refractivity (Wildman–Crippen MR) is 357 cm³/mol. The van der Waals surface area contributed by atoms with Crippen molar-refractivity contribution in [2.24, 2.45) is 160 Å². The van der Waals surface area contributed by atoms with Crippen molar-refractivity contribution in [2.75, 3.05) is 0 Å². The van der Waals surface area contributed by atoms with Crippen molar-refractivity contribution in [3.8, 4) is 0 Å². The third-order valence-electron chi connectivity index (χ3n) is 23.5. The standard InChI is InChI=1S/C79H152/c1-22-72-30-31-74-32-33-75-52-73(23-2)79(75)77-50-70(38-57(11)12)44-62(18)27-25-60(16)41-67(35-54(5)6)47-65(21)46-66(34-53(3)4)40-59(15)24-26-61(17)42-68(36-55(7)8)48-76(78(72)74)49-69(37-56(9)10)43-63(19)28-29-64(20)45-71(51-77)39-58(13)14/h53-79H,22-52H2,1-21H3. The van der Waals surface area contributed by atoms with E-state index in [-0.39, 0.29) is 0 Å². The number of fused-ring (bicyclic) bond motifs is 1. The summed E-state index contributed by atoms with van der Waals surface area (Å²) in [6.45, 7) is 54.8. The van der Waals surface area contributed by atoms with Crippen molar-refractivity contribution in [1.82, 2.24) is 0 Å². The van der Waals surface area contributed by atoms with Crippen LogP contribution in [-0.4, -0.2) is 0 Å². The minimum absolute atomic E-state index is 0.796. The lowest BCUT2D eigenvalue weighted by atomic mass is 9.54. The fraction of sp³-hybridized carbons (Fsp3) is 1.00. The van der Waals surface area contributed by atoms with Crippen LogP contribution in [0.15, 0.2) is 0 Å². The zero-order valence-corrected chi connectivity index (χ0v) is 58.5. The highest BCUT2D eigenvalue weighted by molar-refractivity contribution is 4.97. The third-order valence-corrected chi connectivity index (χ3v) is 23.5. The van der Waals surface area contributed by atoms with Gasteiger partial charge in [-0.3, -0.25) is 0 Å². The van der Waals surface area contributed by atoms with Crippen molar-refractivity contribution in [3.05, 3.63) is 0 Å². The van der Waals surface area contributed by atoms with E-state index >= 15 is 0 Å². The van der Waals surface area contributed by atoms with E-state index < -0.39 is 0 Å². The largest absolute Gasteiger partial charge is 0.0651 e. The molecule has 0 amide bonds. The molecule has 4 saturated carbocycles. The first-order valence-corrected chi connectivity index (χ1v) is 37.3. The summed E-state index contributed by atoms with van der Waals surface area (Å²) in [5, 5.41) is 0. The van der Waals surface area contributed by atoms with E-state index in [4.69, 9.17) is 0 Å². The van der Waals surface area contributed by atoms with Gasteiger partial charge in [-0.25, -0.2) is 0 Å². The molecular formula is C79H152. The second-order valence-electron chi connectivity index (χ2n) is 35.2. The van der Waals surface area contributed by atoms with Crippen molar-refractivity contribution in [2.45, 2.75) is 344 Å². The van der Waals surface area contributed by atoms with Crippen LogP contribution in [0.1, 0.15) is 344 Å². The van der Waals surface area contributed by atoms with E-state index in [1.807, 2.05) is 0 Å². The predicted octanol–water partition coefficient (Wildman–Crippen LogP) is 26.2. The molecule has 2 bridgehead atoms. The SMILES string of the molecule is CCC1CCC2CCC3CC(CC)C3C3CC(CC(C)C)CC(C)CCC(C)CC(CC(C)C)CC(C)CC(CC(C)C)CC(C)CCC(C)CC(CC(C)C)CC(CC(CC(C)C)CC(C)CCC(C)CC(CC(C)C)C3)C12. The maximum Gasteiger partial charge on any atom is -0.0329 e. The Hall–Kier alpha value is 0. The Morgan fingerprint density at radius 2 is 0.456 bits per heavy atom. The van der Waals surface area contributed by atoms with E-state index in [0.717, 1.165) is 160 Å². The summed E-state index contributed by atoms with van der Waals surface area (Å²) in [4.78, 5) is 0. The van der Waals surface area contributed by atoms with Crippen molar-refractivity contribution < 1.29 is 0 Å². The maximum absolute atomic E-state index is 2.72. The summed E-state index contributed by atoms with van der Waals surface area (Å²) in [6, 6.07) is 0. The molecule has 0 aromatic heterocycles. The summed E-state index contributed by atoms with van der Waals surface area (Å²) < 4.78 is 0. The van der Waals surface area contributed by atoms with Gasteiger partial charge in [-0.15, -0.1) is 0 Å². The summed E-state index contributed by atoms with van der Waals surface area (Å²) in [7, 11) is 0. The smallest absolute Gasteiger partial charge is 0.0329 e. The molecule has 0 heteroatoms. The quantitative estimate of drug-likeness (QED) is 0.163. The topological polar surface area (TPSA) is 0 Å². The minimum atomic E-state index is 0.796. The molecule has 0 heterocycles. The van der Waals surface area contributed by atoms with Gasteiger partial charge in [0.15, 0.2) is 0 Å². The highest BCUT2D eigenvalue weighted by atomic mass is 14.5. The lowest BCUT2D eigenvalue weighted by Gasteiger charge is -2.51. The van der Waals surface area contributed by atoms with Crippen LogP contribution in [0.3, 0.4) is 0 Å². The molecule has 0 spiro atoms. The van der Waals surface area contributed by atoms with Crippen LogP contribution in [0.25, 0.3) is 0 Å². The van der Waals surface area contributed by atoms with Crippen LogP contribution in [0, 0.1) is 160 Å². The molecule has 0 aromatic carbocycles. The van der Waals surface area contributed by atoms with Gasteiger partial charge < -0.3 is 0 Å².